The molecule has 0 aromatic heterocycles. The molecular weight excluding hydrogens is 352 g/mol. The van der Waals surface area contributed by atoms with Crippen molar-refractivity contribution in [2.24, 2.45) is 5.92 Å². The smallest absolute Gasteiger partial charge is 0.254 e. The van der Waals surface area contributed by atoms with E-state index in [1.54, 1.807) is 4.90 Å². The molecule has 0 unspecified atom stereocenters. The van der Waals surface area contributed by atoms with E-state index in [-0.39, 0.29) is 23.4 Å². The van der Waals surface area contributed by atoms with E-state index in [9.17, 15) is 18.4 Å². The molecule has 0 spiro atoms. The van der Waals surface area contributed by atoms with Gasteiger partial charge in [0.1, 0.15) is 0 Å². The van der Waals surface area contributed by atoms with Crippen molar-refractivity contribution in [2.75, 3.05) is 32.7 Å². The number of piperazine rings is 1. The Morgan fingerprint density at radius 3 is 2.44 bits per heavy atom. The van der Waals surface area contributed by atoms with Crippen molar-refractivity contribution in [1.82, 2.24) is 15.1 Å². The van der Waals surface area contributed by atoms with Crippen LogP contribution < -0.4 is 5.32 Å². The van der Waals surface area contributed by atoms with Crippen LogP contribution in [0.2, 0.25) is 0 Å². The predicted octanol–water partition coefficient (Wildman–Crippen LogP) is 2.42. The molecule has 2 atom stereocenters. The van der Waals surface area contributed by atoms with Gasteiger partial charge in [0, 0.05) is 37.8 Å². The number of benzene rings is 1. The molecule has 5 nitrogen and oxygen atoms in total. The lowest BCUT2D eigenvalue weighted by molar-refractivity contribution is -0.123. The molecule has 2 amide bonds. The Bertz CT molecular complexity index is 690. The molecule has 0 radical (unpaired) electrons. The zero-order chi connectivity index (χ0) is 19.4. The van der Waals surface area contributed by atoms with Crippen LogP contribution in [0.1, 0.15) is 43.0 Å². The Hall–Kier alpha value is -2.02. The first kappa shape index (κ1) is 19.7. The van der Waals surface area contributed by atoms with Gasteiger partial charge in [-0.25, -0.2) is 8.78 Å². The molecule has 2 aliphatic rings. The van der Waals surface area contributed by atoms with E-state index in [1.165, 1.54) is 18.9 Å². The highest BCUT2D eigenvalue weighted by atomic mass is 19.2. The van der Waals surface area contributed by atoms with Gasteiger partial charge in [-0.05, 0) is 37.0 Å². The number of carbonyl (C=O) groups excluding carboxylic acids is 2. The van der Waals surface area contributed by atoms with Gasteiger partial charge >= 0.3 is 0 Å². The van der Waals surface area contributed by atoms with Crippen molar-refractivity contribution >= 4 is 11.8 Å². The minimum Gasteiger partial charge on any atom is -0.352 e. The van der Waals surface area contributed by atoms with Gasteiger partial charge in [0.15, 0.2) is 11.6 Å². The molecule has 1 heterocycles. The third-order valence-corrected chi connectivity index (χ3v) is 5.65. The monoisotopic (exact) mass is 379 g/mol. The number of hydrogen-bond acceptors (Lipinski definition) is 3. The van der Waals surface area contributed by atoms with E-state index in [4.69, 9.17) is 0 Å². The number of halogens is 2. The highest BCUT2D eigenvalue weighted by Crippen LogP contribution is 2.23. The summed E-state index contributed by atoms with van der Waals surface area (Å²) >= 11 is 0. The highest BCUT2D eigenvalue weighted by molar-refractivity contribution is 5.94. The molecule has 1 saturated carbocycles. The number of nitrogens with zero attached hydrogens (tertiary/aromatic N) is 2. The molecular formula is C20H27F2N3O2. The van der Waals surface area contributed by atoms with E-state index in [0.29, 0.717) is 38.6 Å². The van der Waals surface area contributed by atoms with Crippen molar-refractivity contribution in [3.05, 3.63) is 35.4 Å². The lowest BCUT2D eigenvalue weighted by Gasteiger charge is -2.35. The predicted molar refractivity (Wildman–Crippen MR) is 98.3 cm³/mol. The molecule has 148 valence electrons. The van der Waals surface area contributed by atoms with Crippen molar-refractivity contribution < 1.29 is 18.4 Å². The van der Waals surface area contributed by atoms with E-state index in [2.05, 4.69) is 12.2 Å². The normalized spacial score (nSPS) is 23.9. The molecule has 1 aliphatic carbocycles. The maximum absolute atomic E-state index is 13.3. The number of carbonyl (C=O) groups is 2. The summed E-state index contributed by atoms with van der Waals surface area (Å²) in [5, 5.41) is 3.15. The first-order chi connectivity index (χ1) is 12.9. The fraction of sp³-hybridized carbons (Fsp3) is 0.600. The summed E-state index contributed by atoms with van der Waals surface area (Å²) in [6, 6.07) is 3.46. The van der Waals surface area contributed by atoms with Crippen molar-refractivity contribution in [3.63, 3.8) is 0 Å². The molecule has 1 saturated heterocycles. The number of nitrogens with one attached hydrogen (secondary N) is 1. The summed E-state index contributed by atoms with van der Waals surface area (Å²) < 4.78 is 26.4. The van der Waals surface area contributed by atoms with Crippen molar-refractivity contribution in [2.45, 2.75) is 38.6 Å². The van der Waals surface area contributed by atoms with Gasteiger partial charge in [0.25, 0.3) is 5.91 Å². The molecule has 1 N–H and O–H groups in total. The van der Waals surface area contributed by atoms with Gasteiger partial charge in [-0.15, -0.1) is 0 Å². The van der Waals surface area contributed by atoms with Gasteiger partial charge in [0.2, 0.25) is 5.91 Å². The van der Waals surface area contributed by atoms with E-state index < -0.39 is 11.6 Å². The van der Waals surface area contributed by atoms with Crippen LogP contribution in [-0.4, -0.2) is 60.4 Å². The second kappa shape index (κ2) is 8.78. The Balaban J connectivity index is 1.46. The molecule has 1 aromatic carbocycles. The number of amides is 2. The lowest BCUT2D eigenvalue weighted by atomic mass is 9.86. The summed E-state index contributed by atoms with van der Waals surface area (Å²) in [5.74, 6) is -1.74. The topological polar surface area (TPSA) is 52.7 Å². The van der Waals surface area contributed by atoms with Crippen LogP contribution in [0.15, 0.2) is 18.2 Å². The largest absolute Gasteiger partial charge is 0.352 e. The summed E-state index contributed by atoms with van der Waals surface area (Å²) in [6.45, 7) is 4.62. The molecule has 2 fully saturated rings. The minimum absolute atomic E-state index is 0.0362. The Morgan fingerprint density at radius 1 is 1.07 bits per heavy atom. The first-order valence-electron chi connectivity index (χ1n) is 9.70. The van der Waals surface area contributed by atoms with Gasteiger partial charge in [-0.2, -0.15) is 0 Å². The van der Waals surface area contributed by atoms with Gasteiger partial charge in [-0.3, -0.25) is 14.5 Å². The second-order valence-electron chi connectivity index (χ2n) is 7.63. The highest BCUT2D eigenvalue weighted by Gasteiger charge is 2.26. The third-order valence-electron chi connectivity index (χ3n) is 5.65. The maximum Gasteiger partial charge on any atom is 0.254 e. The van der Waals surface area contributed by atoms with Crippen LogP contribution in [-0.2, 0) is 4.79 Å². The summed E-state index contributed by atoms with van der Waals surface area (Å²) in [7, 11) is 0. The average Bonchev–Trinajstić information content (AvgIpc) is 2.66. The van der Waals surface area contributed by atoms with E-state index in [0.717, 1.165) is 25.0 Å². The molecule has 27 heavy (non-hydrogen) atoms. The molecule has 1 aromatic rings. The summed E-state index contributed by atoms with van der Waals surface area (Å²) in [4.78, 5) is 28.4. The maximum atomic E-state index is 13.3. The standard InChI is InChI=1S/C20H27F2N3O2/c1-14-4-2-3-5-18(14)23-19(26)13-24-8-10-25(11-9-24)20(27)15-6-7-16(21)17(22)12-15/h6-7,12,14,18H,2-5,8-11,13H2,1H3,(H,23,26)/t14-,18-/m1/s1. The van der Waals surface area contributed by atoms with Gasteiger partial charge in [-0.1, -0.05) is 19.8 Å². The van der Waals surface area contributed by atoms with Gasteiger partial charge < -0.3 is 10.2 Å². The number of rotatable bonds is 4. The quantitative estimate of drug-likeness (QED) is 0.874. The SMILES string of the molecule is C[C@@H]1CCCC[C@H]1NC(=O)CN1CCN(C(=O)c2ccc(F)c(F)c2)CC1. The zero-order valence-corrected chi connectivity index (χ0v) is 15.7. The van der Waals surface area contributed by atoms with Crippen molar-refractivity contribution in [1.29, 1.82) is 0 Å². The van der Waals surface area contributed by atoms with E-state index >= 15 is 0 Å². The molecule has 1 aliphatic heterocycles. The van der Waals surface area contributed by atoms with Crippen LogP contribution in [0.3, 0.4) is 0 Å². The summed E-state index contributed by atoms with van der Waals surface area (Å²) in [6.07, 6.45) is 4.61. The van der Waals surface area contributed by atoms with Crippen LogP contribution in [0.5, 0.6) is 0 Å². The Kier molecular flexibility index (Phi) is 6.42. The average molecular weight is 379 g/mol. The van der Waals surface area contributed by atoms with Crippen molar-refractivity contribution in [3.8, 4) is 0 Å². The fourth-order valence-electron chi connectivity index (χ4n) is 3.91. The second-order valence-corrected chi connectivity index (χ2v) is 7.63. The van der Waals surface area contributed by atoms with Crippen LogP contribution >= 0.6 is 0 Å². The van der Waals surface area contributed by atoms with Gasteiger partial charge in [0.05, 0.1) is 6.54 Å². The molecule has 0 bridgehead atoms. The van der Waals surface area contributed by atoms with E-state index in [1.807, 2.05) is 4.90 Å². The fourth-order valence-corrected chi connectivity index (χ4v) is 3.91. The molecule has 7 heteroatoms. The lowest BCUT2D eigenvalue weighted by Crippen LogP contribution is -2.52. The number of hydrogen-bond donors (Lipinski definition) is 1. The van der Waals surface area contributed by atoms with Crippen LogP contribution in [0, 0.1) is 17.6 Å². The van der Waals surface area contributed by atoms with Crippen LogP contribution in [0.4, 0.5) is 8.78 Å². The minimum atomic E-state index is -1.02. The Labute approximate surface area is 158 Å². The summed E-state index contributed by atoms with van der Waals surface area (Å²) in [5.41, 5.74) is 0.145. The first-order valence-corrected chi connectivity index (χ1v) is 9.70. The Morgan fingerprint density at radius 2 is 1.78 bits per heavy atom. The molecule has 3 rings (SSSR count). The zero-order valence-electron chi connectivity index (χ0n) is 15.7. The van der Waals surface area contributed by atoms with Crippen LogP contribution in [0.25, 0.3) is 0 Å². The third kappa shape index (κ3) is 5.03.